The van der Waals surface area contributed by atoms with Crippen LogP contribution in [0.5, 0.6) is 0 Å². The number of imidazole rings is 1. The van der Waals surface area contributed by atoms with Crippen LogP contribution in [0.2, 0.25) is 0 Å². The average Bonchev–Trinajstić information content (AvgIpc) is 3.47. The monoisotopic (exact) mass is 469 g/mol. The van der Waals surface area contributed by atoms with Gasteiger partial charge in [-0.25, -0.2) is 14.8 Å². The molecule has 4 rings (SSSR count). The third kappa shape index (κ3) is 7.31. The Balaban J connectivity index is 0.000000383. The third-order valence-corrected chi connectivity index (χ3v) is 5.30. The van der Waals surface area contributed by atoms with Gasteiger partial charge in [0.25, 0.3) is 0 Å². The molecule has 1 fully saturated rings. The largest absolute Gasteiger partial charge is 0.490 e. The van der Waals surface area contributed by atoms with Gasteiger partial charge in [0, 0.05) is 56.6 Å². The number of nitrogens with one attached hydrogen (secondary N) is 2. The van der Waals surface area contributed by atoms with Gasteiger partial charge in [-0.3, -0.25) is 4.90 Å². The van der Waals surface area contributed by atoms with E-state index in [1.165, 1.54) is 24.1 Å². The lowest BCUT2D eigenvalue weighted by atomic mass is 10.1. The molecule has 1 saturated carbocycles. The highest BCUT2D eigenvalue weighted by molar-refractivity contribution is 5.73. The minimum absolute atomic E-state index is 0.326. The average molecular weight is 470 g/mol. The molecule has 3 heterocycles. The maximum absolute atomic E-state index is 10.6. The van der Waals surface area contributed by atoms with Gasteiger partial charge < -0.3 is 20.3 Å². The number of aryl methyl sites for hydroxylation is 1. The van der Waals surface area contributed by atoms with Crippen LogP contribution in [0.3, 0.4) is 0 Å². The Kier molecular flexibility index (Phi) is 7.77. The Morgan fingerprint density at radius 2 is 1.91 bits per heavy atom. The van der Waals surface area contributed by atoms with Crippen LogP contribution in [0.15, 0.2) is 12.4 Å². The topological polar surface area (TPSA) is 108 Å². The van der Waals surface area contributed by atoms with Crippen LogP contribution in [0.4, 0.5) is 24.9 Å². The minimum atomic E-state index is -5.08. The van der Waals surface area contributed by atoms with E-state index in [2.05, 4.69) is 46.0 Å². The Morgan fingerprint density at radius 1 is 1.24 bits per heavy atom. The maximum Gasteiger partial charge on any atom is 0.490 e. The van der Waals surface area contributed by atoms with Crippen molar-refractivity contribution >= 4 is 17.7 Å². The zero-order valence-corrected chi connectivity index (χ0v) is 19.0. The highest BCUT2D eigenvalue weighted by atomic mass is 19.4. The van der Waals surface area contributed by atoms with Crippen molar-refractivity contribution in [3.63, 3.8) is 0 Å². The van der Waals surface area contributed by atoms with Gasteiger partial charge in [-0.05, 0) is 33.1 Å². The molecule has 33 heavy (non-hydrogen) atoms. The predicted molar refractivity (Wildman–Crippen MR) is 117 cm³/mol. The van der Waals surface area contributed by atoms with Crippen LogP contribution in [0.1, 0.15) is 43.8 Å². The van der Waals surface area contributed by atoms with E-state index in [1.807, 2.05) is 12.4 Å². The standard InChI is InChI=1S/C19H29N7.C2HF3O2/c1-13(2)21-19-23-16-7-10-26(12-17-20-8-11-25(17)3)9-6-15(16)18(24-19)22-14-4-5-14;3-2(4,5)1(6)7/h8,11,13-14H,4-7,9-10,12H2,1-3H3,(H2,21,22,23,24);(H,6,7). The molecule has 0 amide bonds. The van der Waals surface area contributed by atoms with Crippen molar-refractivity contribution in [1.82, 2.24) is 24.4 Å². The van der Waals surface area contributed by atoms with Gasteiger partial charge in [-0.15, -0.1) is 0 Å². The van der Waals surface area contributed by atoms with E-state index in [1.54, 1.807) is 0 Å². The summed E-state index contributed by atoms with van der Waals surface area (Å²) in [5, 5.41) is 14.1. The summed E-state index contributed by atoms with van der Waals surface area (Å²) in [5.41, 5.74) is 2.49. The van der Waals surface area contributed by atoms with Gasteiger partial charge in [-0.1, -0.05) is 0 Å². The number of nitrogens with zero attached hydrogens (tertiary/aromatic N) is 5. The number of rotatable bonds is 6. The summed E-state index contributed by atoms with van der Waals surface area (Å²) >= 11 is 0. The van der Waals surface area contributed by atoms with E-state index in [9.17, 15) is 13.2 Å². The molecule has 1 aliphatic carbocycles. The van der Waals surface area contributed by atoms with Crippen molar-refractivity contribution in [2.24, 2.45) is 7.05 Å². The van der Waals surface area contributed by atoms with Crippen LogP contribution in [0.25, 0.3) is 0 Å². The first-order valence-electron chi connectivity index (χ1n) is 10.9. The number of aliphatic carboxylic acids is 1. The number of halogens is 3. The van der Waals surface area contributed by atoms with Crippen LogP contribution in [-0.2, 0) is 31.2 Å². The van der Waals surface area contributed by atoms with E-state index in [4.69, 9.17) is 19.9 Å². The van der Waals surface area contributed by atoms with Gasteiger partial charge in [0.05, 0.1) is 12.2 Å². The molecular weight excluding hydrogens is 439 g/mol. The molecule has 12 heteroatoms. The summed E-state index contributed by atoms with van der Waals surface area (Å²) in [6, 6.07) is 0.917. The van der Waals surface area contributed by atoms with Crippen molar-refractivity contribution in [2.45, 2.75) is 64.3 Å². The van der Waals surface area contributed by atoms with Gasteiger partial charge in [0.2, 0.25) is 5.95 Å². The van der Waals surface area contributed by atoms with Gasteiger partial charge in [0.1, 0.15) is 11.6 Å². The highest BCUT2D eigenvalue weighted by Crippen LogP contribution is 2.29. The first kappa shape index (κ1) is 24.7. The summed E-state index contributed by atoms with van der Waals surface area (Å²) in [6.45, 7) is 7.14. The highest BCUT2D eigenvalue weighted by Gasteiger charge is 2.38. The molecule has 0 bridgehead atoms. The lowest BCUT2D eigenvalue weighted by Gasteiger charge is -2.19. The van der Waals surface area contributed by atoms with E-state index in [-0.39, 0.29) is 0 Å². The number of carbonyl (C=O) groups is 1. The van der Waals surface area contributed by atoms with Crippen LogP contribution >= 0.6 is 0 Å². The second-order valence-electron chi connectivity index (χ2n) is 8.57. The Labute approximate surface area is 190 Å². The van der Waals surface area contributed by atoms with E-state index in [0.29, 0.717) is 12.1 Å². The summed E-state index contributed by atoms with van der Waals surface area (Å²) in [4.78, 5) is 25.5. The lowest BCUT2D eigenvalue weighted by molar-refractivity contribution is -0.192. The number of carboxylic acid groups (broad SMARTS) is 1. The summed E-state index contributed by atoms with van der Waals surface area (Å²) in [5.74, 6) is 0.145. The molecule has 0 aromatic carbocycles. The Hall–Kier alpha value is -2.89. The van der Waals surface area contributed by atoms with Crippen molar-refractivity contribution in [3.05, 3.63) is 29.5 Å². The number of carboxylic acids is 1. The number of fused-ring (bicyclic) bond motifs is 1. The molecule has 2 aliphatic rings. The SMILES string of the molecule is CC(C)Nc1nc2c(c(NC3CC3)n1)CCN(Cc1nccn1C)CC2.O=C(O)C(F)(F)F. The van der Waals surface area contributed by atoms with Gasteiger partial charge in [-0.2, -0.15) is 18.2 Å². The van der Waals surface area contributed by atoms with Gasteiger partial charge in [0.15, 0.2) is 0 Å². The summed E-state index contributed by atoms with van der Waals surface area (Å²) < 4.78 is 33.8. The summed E-state index contributed by atoms with van der Waals surface area (Å²) in [6.07, 6.45) is 3.23. The van der Waals surface area contributed by atoms with Crippen molar-refractivity contribution < 1.29 is 23.1 Å². The number of anilines is 2. The molecule has 3 N–H and O–H groups in total. The predicted octanol–water partition coefficient (Wildman–Crippen LogP) is 2.84. The number of aromatic nitrogens is 4. The molecule has 1 aliphatic heterocycles. The molecule has 0 spiro atoms. The molecule has 182 valence electrons. The van der Waals surface area contributed by atoms with Gasteiger partial charge >= 0.3 is 12.1 Å². The fraction of sp³-hybridized carbons (Fsp3) is 0.619. The fourth-order valence-corrected chi connectivity index (χ4v) is 3.42. The maximum atomic E-state index is 10.6. The summed E-state index contributed by atoms with van der Waals surface area (Å²) in [7, 11) is 2.06. The molecule has 2 aromatic heterocycles. The Morgan fingerprint density at radius 3 is 2.45 bits per heavy atom. The molecule has 9 nitrogen and oxygen atoms in total. The molecule has 0 unspecified atom stereocenters. The van der Waals surface area contributed by atoms with Crippen LogP contribution < -0.4 is 10.6 Å². The molecule has 2 aromatic rings. The van der Waals surface area contributed by atoms with E-state index >= 15 is 0 Å². The minimum Gasteiger partial charge on any atom is -0.475 e. The zero-order valence-electron chi connectivity index (χ0n) is 19.0. The van der Waals surface area contributed by atoms with E-state index in [0.717, 1.165) is 50.1 Å². The van der Waals surface area contributed by atoms with Crippen molar-refractivity contribution in [3.8, 4) is 0 Å². The Bertz CT molecular complexity index is 958. The van der Waals surface area contributed by atoms with E-state index < -0.39 is 12.1 Å². The second-order valence-corrected chi connectivity index (χ2v) is 8.57. The molecule has 0 saturated heterocycles. The smallest absolute Gasteiger partial charge is 0.475 e. The first-order chi connectivity index (χ1) is 15.5. The lowest BCUT2D eigenvalue weighted by Crippen LogP contribution is -2.27. The fourth-order valence-electron chi connectivity index (χ4n) is 3.42. The van der Waals surface area contributed by atoms with Crippen LogP contribution in [-0.4, -0.2) is 66.8 Å². The quantitative estimate of drug-likeness (QED) is 0.593. The second kappa shape index (κ2) is 10.4. The van der Waals surface area contributed by atoms with Crippen LogP contribution in [0, 0.1) is 0 Å². The molecular formula is C21H30F3N7O2. The normalized spacial score (nSPS) is 16.5. The van der Waals surface area contributed by atoms with Crippen molar-refractivity contribution in [2.75, 3.05) is 23.7 Å². The zero-order chi connectivity index (χ0) is 24.2. The number of hydrogen-bond acceptors (Lipinski definition) is 7. The number of alkyl halides is 3. The first-order valence-corrected chi connectivity index (χ1v) is 10.9. The third-order valence-electron chi connectivity index (χ3n) is 5.30. The molecule has 0 atom stereocenters. The van der Waals surface area contributed by atoms with Crippen molar-refractivity contribution in [1.29, 1.82) is 0 Å². The molecule has 0 radical (unpaired) electrons. The number of hydrogen-bond donors (Lipinski definition) is 3.